The molecule has 0 N–H and O–H groups in total. The zero-order valence-corrected chi connectivity index (χ0v) is 22.7. The van der Waals surface area contributed by atoms with Crippen molar-refractivity contribution in [3.63, 3.8) is 0 Å². The van der Waals surface area contributed by atoms with Gasteiger partial charge in [0.1, 0.15) is 22.9 Å². The third-order valence-electron chi connectivity index (χ3n) is 6.25. The van der Waals surface area contributed by atoms with E-state index in [0.29, 0.717) is 39.4 Å². The summed E-state index contributed by atoms with van der Waals surface area (Å²) in [6, 6.07) is 19.9. The number of carbonyl (C=O) groups excluding carboxylic acids is 1. The predicted molar refractivity (Wildman–Crippen MR) is 146 cm³/mol. The van der Waals surface area contributed by atoms with Gasteiger partial charge in [-0.25, -0.2) is 0 Å². The molecule has 36 heavy (non-hydrogen) atoms. The van der Waals surface area contributed by atoms with Crippen molar-refractivity contribution in [3.8, 4) is 11.5 Å². The average molecular weight is 546 g/mol. The second-order valence-electron chi connectivity index (χ2n) is 8.77. The summed E-state index contributed by atoms with van der Waals surface area (Å²) in [6.07, 6.45) is 0.517. The summed E-state index contributed by atoms with van der Waals surface area (Å²) < 4.78 is 11.6. The molecule has 1 heterocycles. The fraction of sp³-hybridized carbons (Fsp3) is 0.286. The molecule has 0 saturated carbocycles. The van der Waals surface area contributed by atoms with Gasteiger partial charge >= 0.3 is 5.37 Å². The number of amides is 1. The molecule has 3 aromatic carbocycles. The van der Waals surface area contributed by atoms with E-state index in [9.17, 15) is 4.79 Å². The van der Waals surface area contributed by atoms with Crippen molar-refractivity contribution in [2.45, 2.75) is 44.9 Å². The molecular formula is C28H27Cl3N2O3. The van der Waals surface area contributed by atoms with Crippen LogP contribution in [0.1, 0.15) is 43.9 Å². The van der Waals surface area contributed by atoms with Crippen LogP contribution in [0.25, 0.3) is 0 Å². The van der Waals surface area contributed by atoms with Crippen molar-refractivity contribution in [2.75, 3.05) is 7.11 Å². The Balaban J connectivity index is 2.02. The van der Waals surface area contributed by atoms with Gasteiger partial charge in [0, 0.05) is 16.1 Å². The van der Waals surface area contributed by atoms with Gasteiger partial charge in [-0.3, -0.25) is 14.7 Å². The zero-order valence-electron chi connectivity index (χ0n) is 20.5. The summed E-state index contributed by atoms with van der Waals surface area (Å²) in [5.74, 6) is 1.60. The number of methoxy groups -OCH3 is 1. The predicted octanol–water partition coefficient (Wildman–Crippen LogP) is 7.93. The van der Waals surface area contributed by atoms with Crippen LogP contribution in [-0.4, -0.2) is 35.4 Å². The number of ether oxygens (including phenoxy) is 2. The Labute approximate surface area is 226 Å². The van der Waals surface area contributed by atoms with Crippen LogP contribution >= 0.6 is 34.8 Å². The standard InChI is InChI=1S/C28H27Cl3N2O3/c1-5-25-28(18-6-10-20(29)11-7-18,19-8-12-21(30)13-9-19)33(27(31)34)26(32-25)23-15-14-22(35-4)16-24(23)36-17(2)3/h6-17,25H,5H2,1-4H3. The summed E-state index contributed by atoms with van der Waals surface area (Å²) in [4.78, 5) is 20.0. The molecule has 4 rings (SSSR count). The van der Waals surface area contributed by atoms with Crippen LogP contribution < -0.4 is 9.47 Å². The van der Waals surface area contributed by atoms with Crippen molar-refractivity contribution in [3.05, 3.63) is 93.5 Å². The SMILES string of the molecule is CCC1N=C(c2ccc(OC)cc2OC(C)C)N(C(=O)Cl)C1(c1ccc(Cl)cc1)c1ccc(Cl)cc1. The topological polar surface area (TPSA) is 51.1 Å². The van der Waals surface area contributed by atoms with Gasteiger partial charge in [0.2, 0.25) is 0 Å². The highest BCUT2D eigenvalue weighted by Crippen LogP contribution is 2.49. The smallest absolute Gasteiger partial charge is 0.323 e. The number of hydrogen-bond donors (Lipinski definition) is 0. The molecule has 1 amide bonds. The monoisotopic (exact) mass is 544 g/mol. The maximum absolute atomic E-state index is 13.3. The van der Waals surface area contributed by atoms with Crippen LogP contribution in [0, 0.1) is 0 Å². The first-order valence-electron chi connectivity index (χ1n) is 11.7. The highest BCUT2D eigenvalue weighted by atomic mass is 35.5. The molecule has 0 fully saturated rings. The minimum atomic E-state index is -1.03. The summed E-state index contributed by atoms with van der Waals surface area (Å²) in [5, 5.41) is 0.508. The van der Waals surface area contributed by atoms with Crippen molar-refractivity contribution in [1.29, 1.82) is 0 Å². The van der Waals surface area contributed by atoms with E-state index in [1.807, 2.05) is 57.2 Å². The summed E-state index contributed by atoms with van der Waals surface area (Å²) in [6.45, 7) is 5.91. The summed E-state index contributed by atoms with van der Waals surface area (Å²) >= 11 is 18.9. The molecular weight excluding hydrogens is 519 g/mol. The van der Waals surface area contributed by atoms with Crippen LogP contribution in [0.15, 0.2) is 71.7 Å². The second kappa shape index (κ2) is 10.7. The van der Waals surface area contributed by atoms with E-state index in [2.05, 4.69) is 0 Å². The number of aliphatic imine (C=N–C) groups is 1. The Morgan fingerprint density at radius 3 is 2.00 bits per heavy atom. The molecule has 3 aromatic rings. The maximum Gasteiger partial charge on any atom is 0.323 e. The van der Waals surface area contributed by atoms with E-state index in [4.69, 9.17) is 49.3 Å². The lowest BCUT2D eigenvalue weighted by Crippen LogP contribution is -2.52. The number of hydrogen-bond acceptors (Lipinski definition) is 4. The Bertz CT molecular complexity index is 1230. The van der Waals surface area contributed by atoms with Gasteiger partial charge in [-0.05, 0) is 79.4 Å². The van der Waals surface area contributed by atoms with E-state index >= 15 is 0 Å². The molecule has 188 valence electrons. The van der Waals surface area contributed by atoms with E-state index in [1.54, 1.807) is 42.3 Å². The quantitative estimate of drug-likeness (QED) is 0.224. The minimum Gasteiger partial charge on any atom is -0.497 e. The van der Waals surface area contributed by atoms with Crippen LogP contribution in [0.5, 0.6) is 11.5 Å². The molecule has 1 aliphatic rings. The molecule has 0 saturated heterocycles. The van der Waals surface area contributed by atoms with Gasteiger partial charge in [0.25, 0.3) is 0 Å². The molecule has 8 heteroatoms. The maximum atomic E-state index is 13.3. The molecule has 0 aromatic heterocycles. The van der Waals surface area contributed by atoms with Crippen molar-refractivity contribution >= 4 is 46.0 Å². The fourth-order valence-corrected chi connectivity index (χ4v) is 5.26. The normalized spacial score (nSPS) is 16.7. The first kappa shape index (κ1) is 26.3. The lowest BCUT2D eigenvalue weighted by Gasteiger charge is -2.42. The Kier molecular flexibility index (Phi) is 7.84. The fourth-order valence-electron chi connectivity index (χ4n) is 4.80. The van der Waals surface area contributed by atoms with Crippen LogP contribution in [0.3, 0.4) is 0 Å². The first-order chi connectivity index (χ1) is 17.2. The van der Waals surface area contributed by atoms with Gasteiger partial charge in [0.15, 0.2) is 0 Å². The van der Waals surface area contributed by atoms with Gasteiger partial charge in [-0.15, -0.1) is 0 Å². The lowest BCUT2D eigenvalue weighted by molar-refractivity contribution is 0.201. The van der Waals surface area contributed by atoms with Gasteiger partial charge in [-0.1, -0.05) is 54.4 Å². The summed E-state index contributed by atoms with van der Waals surface area (Å²) in [5.41, 5.74) is 1.26. The number of rotatable bonds is 7. The van der Waals surface area contributed by atoms with E-state index in [-0.39, 0.29) is 12.1 Å². The number of halogens is 3. The Hall–Kier alpha value is -2.73. The average Bonchev–Trinajstić information content (AvgIpc) is 3.20. The van der Waals surface area contributed by atoms with Crippen molar-refractivity contribution in [2.24, 2.45) is 4.99 Å². The van der Waals surface area contributed by atoms with Crippen LogP contribution in [0.4, 0.5) is 4.79 Å². The third-order valence-corrected chi connectivity index (χ3v) is 6.92. The first-order valence-corrected chi connectivity index (χ1v) is 12.8. The van der Waals surface area contributed by atoms with Crippen LogP contribution in [0.2, 0.25) is 10.0 Å². The van der Waals surface area contributed by atoms with Crippen molar-refractivity contribution < 1.29 is 14.3 Å². The second-order valence-corrected chi connectivity index (χ2v) is 9.97. The van der Waals surface area contributed by atoms with E-state index < -0.39 is 10.9 Å². The molecule has 0 radical (unpaired) electrons. The van der Waals surface area contributed by atoms with Crippen molar-refractivity contribution in [1.82, 2.24) is 4.90 Å². The number of nitrogens with zero attached hydrogens (tertiary/aromatic N) is 2. The molecule has 1 aliphatic heterocycles. The zero-order chi connectivity index (χ0) is 26.0. The minimum absolute atomic E-state index is 0.114. The van der Waals surface area contributed by atoms with E-state index in [0.717, 1.165) is 11.1 Å². The number of carbonyl (C=O) groups is 1. The molecule has 0 spiro atoms. The molecule has 1 atom stereocenters. The van der Waals surface area contributed by atoms with Gasteiger partial charge in [-0.2, -0.15) is 0 Å². The van der Waals surface area contributed by atoms with E-state index in [1.165, 1.54) is 0 Å². The summed E-state index contributed by atoms with van der Waals surface area (Å²) in [7, 11) is 1.59. The van der Waals surface area contributed by atoms with Gasteiger partial charge < -0.3 is 9.47 Å². The number of amidine groups is 1. The Morgan fingerprint density at radius 2 is 1.56 bits per heavy atom. The lowest BCUT2D eigenvalue weighted by atomic mass is 9.75. The Morgan fingerprint density at radius 1 is 1.00 bits per heavy atom. The molecule has 0 bridgehead atoms. The largest absolute Gasteiger partial charge is 0.497 e. The third kappa shape index (κ3) is 4.68. The highest BCUT2D eigenvalue weighted by Gasteiger charge is 2.55. The molecule has 1 unspecified atom stereocenters. The molecule has 5 nitrogen and oxygen atoms in total. The molecule has 0 aliphatic carbocycles. The number of benzene rings is 3. The van der Waals surface area contributed by atoms with Crippen LogP contribution in [-0.2, 0) is 5.54 Å². The highest BCUT2D eigenvalue weighted by molar-refractivity contribution is 6.64. The van der Waals surface area contributed by atoms with Gasteiger partial charge in [0.05, 0.1) is 24.8 Å².